The maximum atomic E-state index is 11.7. The van der Waals surface area contributed by atoms with Gasteiger partial charge in [-0.15, -0.1) is 0 Å². The molecule has 0 saturated heterocycles. The van der Waals surface area contributed by atoms with E-state index < -0.39 is 4.92 Å². The Balaban J connectivity index is 1.72. The summed E-state index contributed by atoms with van der Waals surface area (Å²) in [6.45, 7) is 0. The minimum atomic E-state index is -0.509. The highest BCUT2D eigenvalue weighted by molar-refractivity contribution is 5.84. The van der Waals surface area contributed by atoms with Gasteiger partial charge in [0.1, 0.15) is 11.8 Å². The number of rotatable bonds is 5. The normalized spacial score (nSPS) is 14.5. The van der Waals surface area contributed by atoms with E-state index in [2.05, 4.69) is 20.3 Å². The lowest BCUT2D eigenvalue weighted by molar-refractivity contribution is -0.385. The number of nitro groups is 1. The van der Waals surface area contributed by atoms with Gasteiger partial charge in [-0.1, -0.05) is 31.0 Å². The predicted octanol–water partition coefficient (Wildman–Crippen LogP) is 4.08. The van der Waals surface area contributed by atoms with Crippen LogP contribution in [0, 0.1) is 10.1 Å². The molecule has 26 heavy (non-hydrogen) atoms. The van der Waals surface area contributed by atoms with Crippen molar-refractivity contribution in [2.45, 2.75) is 31.7 Å². The van der Waals surface area contributed by atoms with Gasteiger partial charge in [0.15, 0.2) is 5.75 Å². The average molecular weight is 351 g/mol. The zero-order valence-electron chi connectivity index (χ0n) is 14.0. The molecule has 0 amide bonds. The van der Waals surface area contributed by atoms with E-state index in [0.29, 0.717) is 11.3 Å². The molecule has 0 unspecified atom stereocenters. The van der Waals surface area contributed by atoms with Crippen molar-refractivity contribution in [3.63, 3.8) is 0 Å². The van der Waals surface area contributed by atoms with Crippen LogP contribution >= 0.6 is 0 Å². The SMILES string of the molecule is O=[N+]([O-])c1c(NC2CCCC2)ncnc1Oc1cccc2cccnc12. The Morgan fingerprint density at radius 1 is 1.12 bits per heavy atom. The van der Waals surface area contributed by atoms with E-state index in [1.54, 1.807) is 12.3 Å². The van der Waals surface area contributed by atoms with E-state index in [1.807, 2.05) is 24.3 Å². The predicted molar refractivity (Wildman–Crippen MR) is 96.4 cm³/mol. The summed E-state index contributed by atoms with van der Waals surface area (Å²) >= 11 is 0. The molecule has 3 aromatic rings. The number of benzene rings is 1. The topological polar surface area (TPSA) is 103 Å². The van der Waals surface area contributed by atoms with Crippen LogP contribution in [0.4, 0.5) is 11.5 Å². The molecule has 0 atom stereocenters. The van der Waals surface area contributed by atoms with Crippen molar-refractivity contribution < 1.29 is 9.66 Å². The molecule has 1 aliphatic carbocycles. The molecular formula is C18H17N5O3. The van der Waals surface area contributed by atoms with E-state index in [0.717, 1.165) is 31.1 Å². The first-order chi connectivity index (χ1) is 12.7. The number of anilines is 1. The average Bonchev–Trinajstić information content (AvgIpc) is 3.15. The van der Waals surface area contributed by atoms with Gasteiger partial charge in [-0.05, 0) is 25.0 Å². The van der Waals surface area contributed by atoms with Crippen LogP contribution in [-0.2, 0) is 0 Å². The van der Waals surface area contributed by atoms with E-state index in [9.17, 15) is 10.1 Å². The molecule has 2 heterocycles. The standard InChI is InChI=1S/C18H17N5O3/c24-23(25)16-17(22-13-7-1-2-8-13)20-11-21-18(16)26-14-9-3-5-12-6-4-10-19-15(12)14/h3-6,9-11,13H,1-2,7-8H2,(H,20,21,22). The van der Waals surface area contributed by atoms with Crippen LogP contribution < -0.4 is 10.1 Å². The van der Waals surface area contributed by atoms with Crippen LogP contribution in [0.1, 0.15) is 25.7 Å². The van der Waals surface area contributed by atoms with Crippen molar-refractivity contribution in [2.24, 2.45) is 0 Å². The Kier molecular flexibility index (Phi) is 4.30. The van der Waals surface area contributed by atoms with Crippen molar-refractivity contribution in [3.05, 3.63) is 53.0 Å². The zero-order chi connectivity index (χ0) is 17.9. The Labute approximate surface area is 149 Å². The molecule has 132 valence electrons. The maximum Gasteiger partial charge on any atom is 0.373 e. The molecule has 8 nitrogen and oxygen atoms in total. The number of nitrogens with zero attached hydrogens (tertiary/aromatic N) is 4. The Hall–Kier alpha value is -3.29. The van der Waals surface area contributed by atoms with Gasteiger partial charge >= 0.3 is 11.6 Å². The van der Waals surface area contributed by atoms with Crippen LogP contribution in [0.15, 0.2) is 42.9 Å². The lowest BCUT2D eigenvalue weighted by Gasteiger charge is -2.14. The second kappa shape index (κ2) is 6.91. The Morgan fingerprint density at radius 3 is 2.73 bits per heavy atom. The van der Waals surface area contributed by atoms with Crippen molar-refractivity contribution in [1.29, 1.82) is 0 Å². The summed E-state index contributed by atoms with van der Waals surface area (Å²) in [4.78, 5) is 23.5. The fraction of sp³-hybridized carbons (Fsp3) is 0.278. The van der Waals surface area contributed by atoms with Crippen molar-refractivity contribution in [2.75, 3.05) is 5.32 Å². The summed E-state index contributed by atoms with van der Waals surface area (Å²) in [7, 11) is 0. The summed E-state index contributed by atoms with van der Waals surface area (Å²) < 4.78 is 5.79. The third-order valence-corrected chi connectivity index (χ3v) is 4.47. The first-order valence-corrected chi connectivity index (χ1v) is 8.50. The van der Waals surface area contributed by atoms with Crippen LogP contribution in [0.25, 0.3) is 10.9 Å². The second-order valence-corrected chi connectivity index (χ2v) is 6.19. The summed E-state index contributed by atoms with van der Waals surface area (Å²) in [6, 6.07) is 9.33. The molecule has 4 rings (SSSR count). The molecule has 0 aliphatic heterocycles. The van der Waals surface area contributed by atoms with Crippen molar-refractivity contribution >= 4 is 22.4 Å². The minimum absolute atomic E-state index is 0.0938. The van der Waals surface area contributed by atoms with Gasteiger partial charge in [-0.2, -0.15) is 4.98 Å². The number of para-hydroxylation sites is 1. The third-order valence-electron chi connectivity index (χ3n) is 4.47. The second-order valence-electron chi connectivity index (χ2n) is 6.19. The lowest BCUT2D eigenvalue weighted by Crippen LogP contribution is -2.17. The van der Waals surface area contributed by atoms with Gasteiger partial charge in [0, 0.05) is 17.6 Å². The van der Waals surface area contributed by atoms with Gasteiger partial charge < -0.3 is 10.1 Å². The lowest BCUT2D eigenvalue weighted by atomic mass is 10.2. The summed E-state index contributed by atoms with van der Waals surface area (Å²) in [5.41, 5.74) is 0.362. The molecule has 1 fully saturated rings. The molecule has 1 N–H and O–H groups in total. The van der Waals surface area contributed by atoms with Gasteiger partial charge in [-0.25, -0.2) is 4.98 Å². The molecule has 1 aromatic carbocycles. The van der Waals surface area contributed by atoms with Gasteiger partial charge in [0.25, 0.3) is 0 Å². The quantitative estimate of drug-likeness (QED) is 0.545. The number of aromatic nitrogens is 3. The molecule has 2 aromatic heterocycles. The van der Waals surface area contributed by atoms with E-state index >= 15 is 0 Å². The van der Waals surface area contributed by atoms with Gasteiger partial charge in [-0.3, -0.25) is 15.1 Å². The number of hydrogen-bond acceptors (Lipinski definition) is 7. The molecular weight excluding hydrogens is 334 g/mol. The summed E-state index contributed by atoms with van der Waals surface area (Å²) in [5, 5.41) is 15.7. The Bertz CT molecular complexity index is 951. The van der Waals surface area contributed by atoms with Crippen LogP contribution in [0.3, 0.4) is 0 Å². The molecule has 0 spiro atoms. The minimum Gasteiger partial charge on any atom is -0.431 e. The van der Waals surface area contributed by atoms with E-state index in [1.165, 1.54) is 6.33 Å². The summed E-state index contributed by atoms with van der Waals surface area (Å²) in [5.74, 6) is 0.514. The first-order valence-electron chi connectivity index (χ1n) is 8.50. The Morgan fingerprint density at radius 2 is 1.92 bits per heavy atom. The van der Waals surface area contributed by atoms with E-state index in [-0.39, 0.29) is 23.4 Å². The number of pyridine rings is 1. The monoisotopic (exact) mass is 351 g/mol. The number of nitrogens with one attached hydrogen (secondary N) is 1. The maximum absolute atomic E-state index is 11.7. The number of fused-ring (bicyclic) bond motifs is 1. The number of ether oxygens (including phenoxy) is 1. The molecule has 1 saturated carbocycles. The summed E-state index contributed by atoms with van der Waals surface area (Å²) in [6.07, 6.45) is 7.10. The van der Waals surface area contributed by atoms with Crippen molar-refractivity contribution in [1.82, 2.24) is 15.0 Å². The largest absolute Gasteiger partial charge is 0.431 e. The highest BCUT2D eigenvalue weighted by atomic mass is 16.6. The van der Waals surface area contributed by atoms with Gasteiger partial charge in [0.2, 0.25) is 5.82 Å². The fourth-order valence-corrected chi connectivity index (χ4v) is 3.23. The highest BCUT2D eigenvalue weighted by Gasteiger charge is 2.28. The van der Waals surface area contributed by atoms with Crippen LogP contribution in [0.5, 0.6) is 11.6 Å². The molecule has 8 heteroatoms. The fourth-order valence-electron chi connectivity index (χ4n) is 3.23. The van der Waals surface area contributed by atoms with Gasteiger partial charge in [0.05, 0.1) is 4.92 Å². The number of hydrogen-bond donors (Lipinski definition) is 1. The molecule has 1 aliphatic rings. The zero-order valence-corrected chi connectivity index (χ0v) is 14.0. The molecule has 0 bridgehead atoms. The van der Waals surface area contributed by atoms with Crippen molar-refractivity contribution in [3.8, 4) is 11.6 Å². The third kappa shape index (κ3) is 3.13. The molecule has 0 radical (unpaired) electrons. The smallest absolute Gasteiger partial charge is 0.373 e. The van der Waals surface area contributed by atoms with Crippen LogP contribution in [-0.4, -0.2) is 25.9 Å². The highest BCUT2D eigenvalue weighted by Crippen LogP contribution is 2.37. The van der Waals surface area contributed by atoms with Crippen LogP contribution in [0.2, 0.25) is 0 Å². The van der Waals surface area contributed by atoms with E-state index in [4.69, 9.17) is 4.74 Å². The first kappa shape index (κ1) is 16.2.